The quantitative estimate of drug-likeness (QED) is 0.667. The van der Waals surface area contributed by atoms with Gasteiger partial charge in [-0.1, -0.05) is 19.9 Å². The molecule has 0 unspecified atom stereocenters. The van der Waals surface area contributed by atoms with Crippen molar-refractivity contribution in [1.29, 1.82) is 0 Å². The lowest BCUT2D eigenvalue weighted by Gasteiger charge is -2.33. The molecule has 2 rings (SSSR count). The second-order valence-electron chi connectivity index (χ2n) is 6.29. The Morgan fingerprint density at radius 3 is 2.65 bits per heavy atom. The number of rotatable bonds is 5. The number of nitrogens with one attached hydrogen (secondary N) is 1. The lowest BCUT2D eigenvalue weighted by Crippen LogP contribution is -2.42. The molecule has 1 fully saturated rings. The molecule has 0 atom stereocenters. The zero-order chi connectivity index (χ0) is 17.0. The number of nitro groups is 1. The summed E-state index contributed by atoms with van der Waals surface area (Å²) in [6, 6.07) is 4.04. The van der Waals surface area contributed by atoms with Crippen LogP contribution in [-0.4, -0.2) is 34.9 Å². The number of anilines is 1. The number of hydrogen-bond acceptors (Lipinski definition) is 4. The molecule has 1 heterocycles. The van der Waals surface area contributed by atoms with Crippen LogP contribution in [0.25, 0.3) is 0 Å². The number of carbonyl (C=O) groups is 1. The van der Waals surface area contributed by atoms with E-state index in [1.165, 1.54) is 12.1 Å². The van der Waals surface area contributed by atoms with Gasteiger partial charge in [0.25, 0.3) is 0 Å². The number of hydrogen-bond donors (Lipinski definition) is 1. The number of likely N-dealkylation sites (tertiary alicyclic amines) is 1. The van der Waals surface area contributed by atoms with Crippen LogP contribution in [0, 0.1) is 21.8 Å². The van der Waals surface area contributed by atoms with Gasteiger partial charge in [-0.2, -0.15) is 4.39 Å². The molecule has 1 aliphatic rings. The van der Waals surface area contributed by atoms with Gasteiger partial charge in [0, 0.05) is 25.6 Å². The van der Waals surface area contributed by atoms with Crippen LogP contribution in [0.15, 0.2) is 18.2 Å². The van der Waals surface area contributed by atoms with Gasteiger partial charge in [-0.05, 0) is 30.9 Å². The number of piperidine rings is 1. The van der Waals surface area contributed by atoms with Crippen molar-refractivity contribution in [2.24, 2.45) is 5.92 Å². The van der Waals surface area contributed by atoms with Crippen molar-refractivity contribution in [3.05, 3.63) is 34.1 Å². The van der Waals surface area contributed by atoms with Crippen LogP contribution in [0.4, 0.5) is 15.8 Å². The second kappa shape index (κ2) is 7.39. The van der Waals surface area contributed by atoms with E-state index in [-0.39, 0.29) is 17.6 Å². The Morgan fingerprint density at radius 1 is 1.43 bits per heavy atom. The Morgan fingerprint density at radius 2 is 2.09 bits per heavy atom. The lowest BCUT2D eigenvalue weighted by molar-refractivity contribution is -0.386. The van der Waals surface area contributed by atoms with Crippen molar-refractivity contribution < 1.29 is 14.1 Å². The number of benzene rings is 1. The predicted molar refractivity (Wildman–Crippen MR) is 85.7 cm³/mol. The Balaban J connectivity index is 1.96. The average Bonchev–Trinajstić information content (AvgIpc) is 2.47. The van der Waals surface area contributed by atoms with E-state index in [2.05, 4.69) is 5.32 Å². The maximum Gasteiger partial charge on any atom is 0.327 e. The summed E-state index contributed by atoms with van der Waals surface area (Å²) in [6.45, 7) is 5.25. The van der Waals surface area contributed by atoms with Crippen LogP contribution in [0.2, 0.25) is 0 Å². The standard InChI is InChI=1S/C16H22FN3O3/c1-11(2)10-15(21)19-8-6-12(7-9-19)18-14-5-3-4-13(17)16(14)20(22)23/h3-5,11-12,18H,6-10H2,1-2H3. The molecule has 23 heavy (non-hydrogen) atoms. The van der Waals surface area contributed by atoms with Crippen LogP contribution >= 0.6 is 0 Å². The largest absolute Gasteiger partial charge is 0.377 e. The summed E-state index contributed by atoms with van der Waals surface area (Å²) in [6.07, 6.45) is 1.92. The molecule has 0 aliphatic carbocycles. The van der Waals surface area contributed by atoms with Crippen LogP contribution in [0.5, 0.6) is 0 Å². The van der Waals surface area contributed by atoms with Crippen molar-refractivity contribution >= 4 is 17.3 Å². The van der Waals surface area contributed by atoms with Crippen LogP contribution in [0.1, 0.15) is 33.1 Å². The molecule has 1 N–H and O–H groups in total. The minimum Gasteiger partial charge on any atom is -0.377 e. The summed E-state index contributed by atoms with van der Waals surface area (Å²) in [5.74, 6) is -0.368. The number of halogens is 1. The lowest BCUT2D eigenvalue weighted by atomic mass is 10.0. The fourth-order valence-corrected chi connectivity index (χ4v) is 2.79. The molecule has 1 aromatic carbocycles. The molecular formula is C16H22FN3O3. The van der Waals surface area contributed by atoms with E-state index in [1.807, 2.05) is 18.7 Å². The molecule has 126 valence electrons. The molecule has 1 aliphatic heterocycles. The van der Waals surface area contributed by atoms with Gasteiger partial charge in [0.15, 0.2) is 0 Å². The molecule has 0 spiro atoms. The monoisotopic (exact) mass is 323 g/mol. The summed E-state index contributed by atoms with van der Waals surface area (Å²) in [7, 11) is 0. The van der Waals surface area contributed by atoms with E-state index in [0.29, 0.717) is 38.3 Å². The highest BCUT2D eigenvalue weighted by molar-refractivity contribution is 5.76. The van der Waals surface area contributed by atoms with E-state index in [0.717, 1.165) is 6.07 Å². The third-order valence-electron chi connectivity index (χ3n) is 3.96. The predicted octanol–water partition coefficient (Wildman–Crippen LogP) is 3.18. The third kappa shape index (κ3) is 4.40. The molecule has 0 bridgehead atoms. The van der Waals surface area contributed by atoms with E-state index in [9.17, 15) is 19.3 Å². The first-order chi connectivity index (χ1) is 10.9. The minimum atomic E-state index is -0.843. The Hall–Kier alpha value is -2.18. The van der Waals surface area contributed by atoms with Crippen LogP contribution < -0.4 is 5.32 Å². The molecule has 7 heteroatoms. The van der Waals surface area contributed by atoms with Gasteiger partial charge in [0.2, 0.25) is 11.7 Å². The normalized spacial score (nSPS) is 15.7. The number of para-hydroxylation sites is 1. The van der Waals surface area contributed by atoms with E-state index < -0.39 is 16.4 Å². The van der Waals surface area contributed by atoms with Gasteiger partial charge in [-0.3, -0.25) is 14.9 Å². The van der Waals surface area contributed by atoms with Gasteiger partial charge >= 0.3 is 5.69 Å². The highest BCUT2D eigenvalue weighted by Crippen LogP contribution is 2.29. The first-order valence-corrected chi connectivity index (χ1v) is 7.85. The van der Waals surface area contributed by atoms with E-state index >= 15 is 0 Å². The van der Waals surface area contributed by atoms with Gasteiger partial charge in [0.1, 0.15) is 5.69 Å². The maximum absolute atomic E-state index is 13.6. The van der Waals surface area contributed by atoms with Gasteiger partial charge in [-0.25, -0.2) is 0 Å². The van der Waals surface area contributed by atoms with E-state index in [4.69, 9.17) is 0 Å². The number of amides is 1. The van der Waals surface area contributed by atoms with Gasteiger partial charge in [0.05, 0.1) is 4.92 Å². The third-order valence-corrected chi connectivity index (χ3v) is 3.96. The highest BCUT2D eigenvalue weighted by atomic mass is 19.1. The molecule has 0 aromatic heterocycles. The summed E-state index contributed by atoms with van der Waals surface area (Å²) >= 11 is 0. The molecule has 1 aromatic rings. The highest BCUT2D eigenvalue weighted by Gasteiger charge is 2.26. The maximum atomic E-state index is 13.6. The van der Waals surface area contributed by atoms with Crippen molar-refractivity contribution in [1.82, 2.24) is 4.90 Å². The topological polar surface area (TPSA) is 75.5 Å². The van der Waals surface area contributed by atoms with Crippen LogP contribution in [-0.2, 0) is 4.79 Å². The van der Waals surface area contributed by atoms with Gasteiger partial charge in [-0.15, -0.1) is 0 Å². The number of carbonyl (C=O) groups excluding carboxylic acids is 1. The first kappa shape index (κ1) is 17.2. The summed E-state index contributed by atoms with van der Waals surface area (Å²) in [4.78, 5) is 24.2. The molecule has 0 radical (unpaired) electrons. The van der Waals surface area contributed by atoms with Crippen molar-refractivity contribution in [3.8, 4) is 0 Å². The summed E-state index contributed by atoms with van der Waals surface area (Å²) < 4.78 is 13.6. The Kier molecular flexibility index (Phi) is 5.52. The number of nitro benzene ring substituents is 1. The average molecular weight is 323 g/mol. The fourth-order valence-electron chi connectivity index (χ4n) is 2.79. The van der Waals surface area contributed by atoms with Crippen molar-refractivity contribution in [2.45, 2.75) is 39.2 Å². The molecule has 0 saturated carbocycles. The smallest absolute Gasteiger partial charge is 0.327 e. The Bertz CT molecular complexity index is 584. The summed E-state index contributed by atoms with van der Waals surface area (Å²) in [5.41, 5.74) is -0.326. The zero-order valence-corrected chi connectivity index (χ0v) is 13.4. The fraction of sp³-hybridized carbons (Fsp3) is 0.562. The molecule has 1 amide bonds. The van der Waals surface area contributed by atoms with Crippen molar-refractivity contribution in [2.75, 3.05) is 18.4 Å². The number of nitrogens with zero attached hydrogens (tertiary/aromatic N) is 2. The molecule has 1 saturated heterocycles. The van der Waals surface area contributed by atoms with E-state index in [1.54, 1.807) is 0 Å². The first-order valence-electron chi connectivity index (χ1n) is 7.85. The summed E-state index contributed by atoms with van der Waals surface area (Å²) in [5, 5.41) is 14.1. The van der Waals surface area contributed by atoms with Crippen LogP contribution in [0.3, 0.4) is 0 Å². The SMILES string of the molecule is CC(C)CC(=O)N1CCC(Nc2cccc(F)c2[N+](=O)[O-])CC1. The van der Waals surface area contributed by atoms with Gasteiger partial charge < -0.3 is 10.2 Å². The molecular weight excluding hydrogens is 301 g/mol. The Labute approximate surface area is 134 Å². The second-order valence-corrected chi connectivity index (χ2v) is 6.29. The minimum absolute atomic E-state index is 0.00130. The zero-order valence-electron chi connectivity index (χ0n) is 13.4. The van der Waals surface area contributed by atoms with Crippen molar-refractivity contribution in [3.63, 3.8) is 0 Å². The molecule has 6 nitrogen and oxygen atoms in total.